The van der Waals surface area contributed by atoms with Gasteiger partial charge in [-0.2, -0.15) is 0 Å². The smallest absolute Gasteiger partial charge is 0.0688 e. The van der Waals surface area contributed by atoms with Crippen LogP contribution in [0.2, 0.25) is 0 Å². The van der Waals surface area contributed by atoms with Gasteiger partial charge in [0.05, 0.1) is 18.5 Å². The van der Waals surface area contributed by atoms with Crippen LogP contribution in [0.5, 0.6) is 0 Å². The molecule has 0 saturated carbocycles. The molecule has 0 amide bonds. The molecule has 0 bridgehead atoms. The third-order valence-electron chi connectivity index (χ3n) is 1.90. The summed E-state index contributed by atoms with van der Waals surface area (Å²) in [7, 11) is 0. The van der Waals surface area contributed by atoms with E-state index in [9.17, 15) is 0 Å². The van der Waals surface area contributed by atoms with Gasteiger partial charge in [0.15, 0.2) is 0 Å². The summed E-state index contributed by atoms with van der Waals surface area (Å²) in [6.07, 6.45) is 2.04. The first-order chi connectivity index (χ1) is 5.42. The zero-order valence-electron chi connectivity index (χ0n) is 6.12. The van der Waals surface area contributed by atoms with Crippen LogP contribution in [0.1, 0.15) is 5.56 Å². The molecule has 2 nitrogen and oxygen atoms in total. The van der Waals surface area contributed by atoms with Crippen molar-refractivity contribution in [3.63, 3.8) is 0 Å². The van der Waals surface area contributed by atoms with Crippen LogP contribution in [-0.2, 0) is 6.61 Å². The Kier molecular flexibility index (Phi) is 1.47. The highest BCUT2D eigenvalue weighted by Gasteiger charge is 1.98. The molecule has 2 heteroatoms. The molecule has 0 radical (unpaired) electrons. The second kappa shape index (κ2) is 2.47. The van der Waals surface area contributed by atoms with Crippen LogP contribution in [0.3, 0.4) is 0 Å². The van der Waals surface area contributed by atoms with Gasteiger partial charge in [0.2, 0.25) is 0 Å². The van der Waals surface area contributed by atoms with E-state index in [2.05, 4.69) is 4.99 Å². The van der Waals surface area contributed by atoms with Gasteiger partial charge in [-0.1, -0.05) is 18.2 Å². The van der Waals surface area contributed by atoms with Crippen molar-refractivity contribution < 1.29 is 5.11 Å². The fourth-order valence-electron chi connectivity index (χ4n) is 1.35. The van der Waals surface area contributed by atoms with Crippen LogP contribution in [0.25, 0.3) is 6.08 Å². The van der Waals surface area contributed by atoms with Crippen LogP contribution in [-0.4, -0.2) is 11.7 Å². The quantitative estimate of drug-likeness (QED) is 0.575. The normalized spacial score (nSPS) is 13.5. The van der Waals surface area contributed by atoms with Crippen molar-refractivity contribution in [2.45, 2.75) is 6.61 Å². The van der Waals surface area contributed by atoms with Crippen molar-refractivity contribution in [2.24, 2.45) is 4.99 Å². The summed E-state index contributed by atoms with van der Waals surface area (Å²) in [5.41, 5.74) is 0.976. The maximum absolute atomic E-state index is 8.94. The number of hydrogen-bond acceptors (Lipinski definition) is 2. The molecule has 56 valence electrons. The summed E-state index contributed by atoms with van der Waals surface area (Å²) in [6, 6.07) is 5.82. The van der Waals surface area contributed by atoms with Crippen molar-refractivity contribution in [3.8, 4) is 0 Å². The minimum Gasteiger partial charge on any atom is -0.392 e. The number of benzene rings is 1. The van der Waals surface area contributed by atoms with Crippen molar-refractivity contribution >= 4 is 6.08 Å². The molecular formula is C9H9NO. The molecule has 1 heterocycles. The second-order valence-electron chi connectivity index (χ2n) is 2.55. The fourth-order valence-corrected chi connectivity index (χ4v) is 1.35. The van der Waals surface area contributed by atoms with E-state index >= 15 is 0 Å². The molecule has 0 fully saturated rings. The molecule has 1 aromatic carbocycles. The van der Waals surface area contributed by atoms with Gasteiger partial charge >= 0.3 is 0 Å². The van der Waals surface area contributed by atoms with Crippen molar-refractivity contribution in [1.82, 2.24) is 0 Å². The largest absolute Gasteiger partial charge is 0.392 e. The van der Waals surface area contributed by atoms with Gasteiger partial charge in [0.25, 0.3) is 0 Å². The SMILES string of the molecule is OCc1cccc2c1=CCN=2. The molecule has 11 heavy (non-hydrogen) atoms. The first-order valence-electron chi connectivity index (χ1n) is 3.65. The minimum absolute atomic E-state index is 0.106. The molecule has 0 saturated heterocycles. The predicted octanol–water partition coefficient (Wildman–Crippen LogP) is -0.407. The Hall–Kier alpha value is -1.15. The van der Waals surface area contributed by atoms with Crippen LogP contribution >= 0.6 is 0 Å². The van der Waals surface area contributed by atoms with E-state index < -0.39 is 0 Å². The number of aliphatic hydroxyl groups excluding tert-OH is 1. The molecule has 0 aliphatic carbocycles. The number of nitrogens with zero attached hydrogens (tertiary/aromatic N) is 1. The number of fused-ring (bicyclic) bond motifs is 1. The second-order valence-corrected chi connectivity index (χ2v) is 2.55. The van der Waals surface area contributed by atoms with Gasteiger partial charge in [-0.05, 0) is 11.6 Å². The summed E-state index contributed by atoms with van der Waals surface area (Å²) in [6.45, 7) is 0.863. The van der Waals surface area contributed by atoms with Crippen LogP contribution in [0.15, 0.2) is 23.2 Å². The molecule has 0 unspecified atom stereocenters. The Morgan fingerprint density at radius 1 is 1.45 bits per heavy atom. The van der Waals surface area contributed by atoms with Crippen LogP contribution in [0.4, 0.5) is 0 Å². The van der Waals surface area contributed by atoms with Gasteiger partial charge < -0.3 is 5.11 Å². The molecular weight excluding hydrogens is 138 g/mol. The Labute approximate surface area is 64.5 Å². The molecule has 1 N–H and O–H groups in total. The van der Waals surface area contributed by atoms with E-state index in [4.69, 9.17) is 5.11 Å². The van der Waals surface area contributed by atoms with Gasteiger partial charge in [-0.25, -0.2) is 0 Å². The van der Waals surface area contributed by atoms with Crippen LogP contribution in [0, 0.1) is 0 Å². The number of rotatable bonds is 1. The third kappa shape index (κ3) is 0.955. The highest BCUT2D eigenvalue weighted by atomic mass is 16.3. The maximum atomic E-state index is 8.94. The van der Waals surface area contributed by atoms with Gasteiger partial charge in [-0.15, -0.1) is 0 Å². The molecule has 1 aliphatic rings. The average molecular weight is 147 g/mol. The summed E-state index contributed by atoms with van der Waals surface area (Å²) in [4.78, 5) is 4.24. The average Bonchev–Trinajstić information content (AvgIpc) is 2.50. The van der Waals surface area contributed by atoms with E-state index in [1.807, 2.05) is 24.3 Å². The Morgan fingerprint density at radius 2 is 2.36 bits per heavy atom. The zero-order valence-corrected chi connectivity index (χ0v) is 6.12. The minimum atomic E-state index is 0.106. The number of hydrogen-bond donors (Lipinski definition) is 1. The lowest BCUT2D eigenvalue weighted by Gasteiger charge is -1.93. The predicted molar refractivity (Wildman–Crippen MR) is 42.5 cm³/mol. The monoisotopic (exact) mass is 147 g/mol. The topological polar surface area (TPSA) is 32.6 Å². The van der Waals surface area contributed by atoms with Crippen molar-refractivity contribution in [3.05, 3.63) is 34.3 Å². The highest BCUT2D eigenvalue weighted by molar-refractivity contribution is 5.34. The molecule has 0 spiro atoms. The van der Waals surface area contributed by atoms with E-state index in [-0.39, 0.29) is 6.61 Å². The lowest BCUT2D eigenvalue weighted by Crippen LogP contribution is -2.25. The number of aliphatic hydroxyl groups is 1. The van der Waals surface area contributed by atoms with Crippen molar-refractivity contribution in [2.75, 3.05) is 6.54 Å². The maximum Gasteiger partial charge on any atom is 0.0688 e. The van der Waals surface area contributed by atoms with Crippen molar-refractivity contribution in [1.29, 1.82) is 0 Å². The Bertz CT molecular complexity index is 381. The molecule has 1 aromatic rings. The van der Waals surface area contributed by atoms with Gasteiger partial charge in [0.1, 0.15) is 0 Å². The lowest BCUT2D eigenvalue weighted by atomic mass is 10.2. The molecule has 2 rings (SSSR count). The summed E-state index contributed by atoms with van der Waals surface area (Å²) >= 11 is 0. The summed E-state index contributed by atoms with van der Waals surface area (Å²) in [5, 5.41) is 11.1. The van der Waals surface area contributed by atoms with Crippen LogP contribution < -0.4 is 10.6 Å². The van der Waals surface area contributed by atoms with E-state index in [0.717, 1.165) is 22.7 Å². The first kappa shape index (κ1) is 6.55. The van der Waals surface area contributed by atoms with E-state index in [0.29, 0.717) is 0 Å². The Balaban J connectivity index is 2.81. The summed E-state index contributed by atoms with van der Waals surface area (Å²) in [5.74, 6) is 0. The van der Waals surface area contributed by atoms with Gasteiger partial charge in [0, 0.05) is 5.22 Å². The molecule has 0 atom stereocenters. The highest BCUT2D eigenvalue weighted by Crippen LogP contribution is 1.90. The summed E-state index contributed by atoms with van der Waals surface area (Å²) < 4.78 is 0. The van der Waals surface area contributed by atoms with E-state index in [1.54, 1.807) is 0 Å². The third-order valence-corrected chi connectivity index (χ3v) is 1.90. The van der Waals surface area contributed by atoms with E-state index in [1.165, 1.54) is 0 Å². The first-order valence-corrected chi connectivity index (χ1v) is 3.65. The Morgan fingerprint density at radius 3 is 3.18 bits per heavy atom. The van der Waals surface area contributed by atoms with Gasteiger partial charge in [-0.3, -0.25) is 4.99 Å². The lowest BCUT2D eigenvalue weighted by molar-refractivity contribution is 0.280. The molecule has 1 aliphatic heterocycles. The fraction of sp³-hybridized carbons (Fsp3) is 0.222. The zero-order chi connectivity index (χ0) is 7.68. The standard InChI is InChI=1S/C9H9NO/c11-6-7-2-1-3-9-8(7)4-5-10-9/h1-4,11H,5-6H2. The molecule has 0 aromatic heterocycles.